The molecule has 91 heavy (non-hydrogen) atoms. The fourth-order valence-corrected chi connectivity index (χ4v) is 10.2. The number of aliphatic hydroxyl groups excluding tert-OH is 3. The molecule has 29 heteroatoms. The van der Waals surface area contributed by atoms with Gasteiger partial charge in [0.2, 0.25) is 23.6 Å². The average Bonchev–Trinajstić information content (AvgIpc) is 1.73. The maximum atomic E-state index is 15.5. The summed E-state index contributed by atoms with van der Waals surface area (Å²) in [5.41, 5.74) is 5.41. The quantitative estimate of drug-likeness (QED) is 0.0245. The maximum Gasteiger partial charge on any atom is 0.407 e. The van der Waals surface area contributed by atoms with Gasteiger partial charge < -0.3 is 76.4 Å². The number of nitrogens with one attached hydrogen (secondary N) is 5. The van der Waals surface area contributed by atoms with Crippen molar-refractivity contribution >= 4 is 59.2 Å². The van der Waals surface area contributed by atoms with Crippen LogP contribution in [0.4, 0.5) is 28.4 Å². The van der Waals surface area contributed by atoms with E-state index >= 15 is 8.78 Å². The summed E-state index contributed by atoms with van der Waals surface area (Å²) < 4.78 is 63.1. The lowest BCUT2D eigenvalue weighted by atomic mass is 9.84. The Morgan fingerprint density at radius 2 is 1.52 bits per heavy atom. The molecule has 6 rings (SSSR count). The summed E-state index contributed by atoms with van der Waals surface area (Å²) in [6, 6.07) is 12.3. The zero-order chi connectivity index (χ0) is 66.7. The molecule has 1 aromatic heterocycles. The summed E-state index contributed by atoms with van der Waals surface area (Å²) in [5, 5.41) is 54.2. The van der Waals surface area contributed by atoms with Gasteiger partial charge >= 0.3 is 18.1 Å². The number of unbranched alkanes of at least 4 members (excludes halogenated alkanes) is 2. The lowest BCUT2D eigenvalue weighted by molar-refractivity contribution is -0.292. The number of aliphatic carboxylic acids is 1. The minimum absolute atomic E-state index is 0.00936. The van der Waals surface area contributed by atoms with Crippen molar-refractivity contribution in [3.63, 3.8) is 0 Å². The fourth-order valence-electron chi connectivity index (χ4n) is 10.2. The summed E-state index contributed by atoms with van der Waals surface area (Å²) in [7, 11) is 0. The van der Waals surface area contributed by atoms with Crippen LogP contribution in [-0.4, -0.2) is 175 Å². The summed E-state index contributed by atoms with van der Waals surface area (Å²) >= 11 is 0. The van der Waals surface area contributed by atoms with E-state index in [-0.39, 0.29) is 81.2 Å². The first kappa shape index (κ1) is 71.3. The highest BCUT2D eigenvalue weighted by molar-refractivity contribution is 6.12. The number of halogens is 3. The van der Waals surface area contributed by atoms with E-state index in [2.05, 4.69) is 26.6 Å². The van der Waals surface area contributed by atoms with E-state index < -0.39 is 145 Å². The number of imidazole rings is 1. The number of aliphatic hydroxyl groups is 3. The molecule has 3 aromatic carbocycles. The Morgan fingerprint density at radius 3 is 2.15 bits per heavy atom. The lowest BCUT2D eigenvalue weighted by Gasteiger charge is -2.41. The largest absolute Gasteiger partial charge is 0.479 e. The number of amides is 9. The number of carbonyl (C=O) groups excluding carboxylic acids is 8. The van der Waals surface area contributed by atoms with Crippen LogP contribution in [-0.2, 0) is 60.9 Å². The number of rotatable bonds is 32. The number of urea groups is 1. The molecular formula is C62H79F3N10O16. The number of anilines is 1. The molecule has 0 unspecified atom stereocenters. The average molecular weight is 1280 g/mol. The molecular weight excluding hydrogens is 1200 g/mol. The van der Waals surface area contributed by atoms with Gasteiger partial charge in [-0.15, -0.1) is 0 Å². The Labute approximate surface area is 523 Å². The molecule has 2 aliphatic heterocycles. The third-order valence-electron chi connectivity index (χ3n) is 15.0. The second kappa shape index (κ2) is 33.3. The second-order valence-electron chi connectivity index (χ2n) is 23.4. The molecule has 0 spiro atoms. The normalized spacial score (nSPS) is 18.6. The number of imide groups is 1. The van der Waals surface area contributed by atoms with Gasteiger partial charge in [-0.1, -0.05) is 83.5 Å². The van der Waals surface area contributed by atoms with Crippen molar-refractivity contribution in [1.82, 2.24) is 40.6 Å². The van der Waals surface area contributed by atoms with Crippen molar-refractivity contribution in [2.75, 3.05) is 38.2 Å². The van der Waals surface area contributed by atoms with Gasteiger partial charge in [-0.2, -0.15) is 0 Å². The highest BCUT2D eigenvalue weighted by Gasteiger charge is 2.48. The first-order valence-electron chi connectivity index (χ1n) is 29.6. The summed E-state index contributed by atoms with van der Waals surface area (Å²) in [6.45, 7) is 6.15. The summed E-state index contributed by atoms with van der Waals surface area (Å²) in [4.78, 5) is 123. The van der Waals surface area contributed by atoms with Gasteiger partial charge in [-0.3, -0.25) is 33.7 Å². The van der Waals surface area contributed by atoms with E-state index in [1.165, 1.54) is 47.5 Å². The highest BCUT2D eigenvalue weighted by atomic mass is 19.1. The van der Waals surface area contributed by atoms with Gasteiger partial charge in [0.15, 0.2) is 12.4 Å². The molecule has 1 saturated heterocycles. The minimum atomic E-state index is -2.07. The van der Waals surface area contributed by atoms with Gasteiger partial charge in [-0.25, -0.2) is 32.5 Å². The van der Waals surface area contributed by atoms with E-state index in [9.17, 15) is 68.0 Å². The van der Waals surface area contributed by atoms with Crippen LogP contribution in [0.2, 0.25) is 0 Å². The second-order valence-corrected chi connectivity index (χ2v) is 23.4. The number of ether oxygens (including phenoxy) is 3. The number of hydrogen-bond acceptors (Lipinski definition) is 16. The number of alkyl halides is 1. The Morgan fingerprint density at radius 1 is 0.824 bits per heavy atom. The van der Waals surface area contributed by atoms with Gasteiger partial charge in [-0.05, 0) is 84.9 Å². The summed E-state index contributed by atoms with van der Waals surface area (Å²) in [6.07, 6.45) is -5.99. The number of alkyl carbamates (subject to hydrolysis) is 1. The molecule has 4 aromatic rings. The van der Waals surface area contributed by atoms with Crippen molar-refractivity contribution in [3.05, 3.63) is 120 Å². The fraction of sp³-hybridized carbons (Fsp3) is 0.484. The number of nitrogens with two attached hydrogens (primary N) is 1. The minimum Gasteiger partial charge on any atom is -0.479 e. The third-order valence-corrected chi connectivity index (χ3v) is 15.0. The lowest BCUT2D eigenvalue weighted by Crippen LogP contribution is -2.60. The van der Waals surface area contributed by atoms with Crippen LogP contribution in [0, 0.1) is 23.0 Å². The Kier molecular flexibility index (Phi) is 26.1. The van der Waals surface area contributed by atoms with Crippen molar-refractivity contribution in [3.8, 4) is 11.3 Å². The van der Waals surface area contributed by atoms with Crippen molar-refractivity contribution in [2.45, 2.75) is 148 Å². The van der Waals surface area contributed by atoms with E-state index in [0.717, 1.165) is 28.7 Å². The van der Waals surface area contributed by atoms with E-state index in [0.29, 0.717) is 24.8 Å². The van der Waals surface area contributed by atoms with Crippen LogP contribution >= 0.6 is 0 Å². The number of carbonyl (C=O) groups is 9. The molecule has 9 atom stereocenters. The molecule has 11 N–H and O–H groups in total. The predicted octanol–water partition coefficient (Wildman–Crippen LogP) is 3.85. The highest BCUT2D eigenvalue weighted by Crippen LogP contribution is 2.40. The molecule has 2 aliphatic rings. The smallest absolute Gasteiger partial charge is 0.407 e. The Hall–Kier alpha value is -8.77. The Balaban J connectivity index is 1.13. The monoisotopic (exact) mass is 1280 g/mol. The zero-order valence-corrected chi connectivity index (χ0v) is 51.0. The first-order valence-corrected chi connectivity index (χ1v) is 29.6. The third kappa shape index (κ3) is 20.6. The molecule has 0 radical (unpaired) electrons. The van der Waals surface area contributed by atoms with Crippen LogP contribution in [0.1, 0.15) is 103 Å². The van der Waals surface area contributed by atoms with Gasteiger partial charge in [0, 0.05) is 62.2 Å². The van der Waals surface area contributed by atoms with Gasteiger partial charge in [0.25, 0.3) is 11.8 Å². The van der Waals surface area contributed by atoms with E-state index in [1.807, 2.05) is 0 Å². The molecule has 0 bridgehead atoms. The van der Waals surface area contributed by atoms with Gasteiger partial charge in [0.1, 0.15) is 67.7 Å². The zero-order valence-electron chi connectivity index (χ0n) is 51.0. The van der Waals surface area contributed by atoms with E-state index in [4.69, 9.17) is 24.9 Å². The number of hydrogen-bond donors (Lipinski definition) is 10. The summed E-state index contributed by atoms with van der Waals surface area (Å²) in [5.74, 6) is -6.94. The van der Waals surface area contributed by atoms with Crippen LogP contribution < -0.4 is 32.3 Å². The molecule has 9 amide bonds. The predicted molar refractivity (Wildman–Crippen MR) is 320 cm³/mol. The van der Waals surface area contributed by atoms with Crippen molar-refractivity contribution in [1.29, 1.82) is 0 Å². The van der Waals surface area contributed by atoms with Crippen LogP contribution in [0.25, 0.3) is 11.3 Å². The van der Waals surface area contributed by atoms with Gasteiger partial charge in [0.05, 0.1) is 17.8 Å². The van der Waals surface area contributed by atoms with Crippen LogP contribution in [0.5, 0.6) is 0 Å². The molecule has 494 valence electrons. The van der Waals surface area contributed by atoms with Crippen LogP contribution in [0.15, 0.2) is 91.1 Å². The number of carboxylic acid groups (broad SMARTS) is 1. The van der Waals surface area contributed by atoms with Crippen molar-refractivity contribution in [2.24, 2.45) is 17.1 Å². The maximum absolute atomic E-state index is 15.5. The number of nitrogens with zero attached hydrogens (tertiary/aromatic N) is 4. The number of carboxylic acids is 1. The molecule has 0 saturated carbocycles. The molecule has 1 fully saturated rings. The number of aromatic nitrogens is 2. The van der Waals surface area contributed by atoms with E-state index in [1.54, 1.807) is 69.5 Å². The molecule has 0 aliphatic carbocycles. The molecule has 3 heterocycles. The standard InChI is InChI=1S/C62H79F3N10O16/c1-35(2)49(72-45(76)16-10-7-11-27-74-46(77)23-24-47(74)78)57(84)71-43(15-12-26-67-60(66)87)56(83)68-39-20-17-37(18-21-39)33-90-61(88)69-40(30-63)25-28-75(48(79)34-89-59-52(82)50(80)51(81)53(91-59)58(85)86)54(62(3,4)5)55-70-44(41-29-38(64)19-22-42(41)65)32-73(55)31-36-13-8-6-9-14-36/h6,8-9,13-14,17-24,29,32,35,40,43,49-54,59,80-82H,7,10-12,15-16,25-28,30-31,33-34H2,1-5H3,(H,68,83)(H,69,88)(H,71,84)(H,72,76)(H,85,86)(H3,66,67,87)/t40-,43+,49+,50+,51+,52-,53+,54+,59-/m1/s1. The number of primary amides is 1. The number of benzene rings is 3. The first-order chi connectivity index (χ1) is 43.1. The SMILES string of the molecule is CC(C)[C@H](NC(=O)CCCCCN1C(=O)C=CC1=O)C(=O)N[C@@H](CCCNC(N)=O)C(=O)Nc1ccc(COC(=O)N[C@@H](CF)CCN(C(=O)CO[C@@H]2O[C@H](C(=O)O)[C@@H](O)[C@H](O)[C@H]2O)[C@@H](c2nc(-c3cc(F)ccc3F)cn2Cc2ccccc2)C(C)(C)C)cc1. The molecule has 26 nitrogen and oxygen atoms in total. The topological polar surface area (TPSA) is 373 Å². The Bertz CT molecular complexity index is 3200. The van der Waals surface area contributed by atoms with Crippen LogP contribution in [0.3, 0.4) is 0 Å². The van der Waals surface area contributed by atoms with Crippen molar-refractivity contribution < 1.29 is 91.0 Å².